The molecule has 0 saturated heterocycles. The molecule has 0 bridgehead atoms. The molecule has 0 amide bonds. The average Bonchev–Trinajstić information content (AvgIpc) is 3.86. The second-order valence-corrected chi connectivity index (χ2v) is 15.0. The van der Waals surface area contributed by atoms with Crippen LogP contribution in [-0.4, -0.2) is 19.5 Å². The third kappa shape index (κ3) is 4.54. The van der Waals surface area contributed by atoms with Gasteiger partial charge in [0.25, 0.3) is 0 Å². The Labute approximate surface area is 300 Å². The predicted octanol–water partition coefficient (Wildman–Crippen LogP) is 12.7. The molecule has 0 saturated carbocycles. The predicted molar refractivity (Wildman–Crippen MR) is 216 cm³/mol. The summed E-state index contributed by atoms with van der Waals surface area (Å²) in [7, 11) is 0. The first-order valence-corrected chi connectivity index (χ1v) is 18.6. The summed E-state index contributed by atoms with van der Waals surface area (Å²) in [5.74, 6) is 2.00. The lowest BCUT2D eigenvalue weighted by atomic mass is 10.1. The highest BCUT2D eigenvalue weighted by atomic mass is 32.1. The highest BCUT2D eigenvalue weighted by Gasteiger charge is 2.18. The van der Waals surface area contributed by atoms with Gasteiger partial charge in [-0.05, 0) is 48.5 Å². The average molecular weight is 687 g/mol. The molecule has 11 aromatic rings. The SMILES string of the molecule is c1ccc(-c2nc(-c3ccccc3)nc(-c3ccc4c(c3)sc3ccc(-n5c6ccccc6c6cc7c(cc65)sc5ccccc57)cc34)n2)cc1. The number of hydrogen-bond donors (Lipinski definition) is 0. The Morgan fingerprint density at radius 2 is 0.902 bits per heavy atom. The van der Waals surface area contributed by atoms with Gasteiger partial charge in [0, 0.05) is 73.5 Å². The van der Waals surface area contributed by atoms with Crippen LogP contribution in [0, 0.1) is 0 Å². The van der Waals surface area contributed by atoms with E-state index in [2.05, 4.69) is 102 Å². The zero-order valence-corrected chi connectivity index (χ0v) is 28.7. The van der Waals surface area contributed by atoms with Crippen molar-refractivity contribution in [2.75, 3.05) is 0 Å². The quantitative estimate of drug-likeness (QED) is 0.185. The zero-order valence-electron chi connectivity index (χ0n) is 27.1. The number of hydrogen-bond acceptors (Lipinski definition) is 5. The highest BCUT2D eigenvalue weighted by molar-refractivity contribution is 7.26. The van der Waals surface area contributed by atoms with E-state index >= 15 is 0 Å². The van der Waals surface area contributed by atoms with E-state index in [-0.39, 0.29) is 0 Å². The summed E-state index contributed by atoms with van der Waals surface area (Å²) in [5, 5.41) is 7.68. The maximum Gasteiger partial charge on any atom is 0.164 e. The van der Waals surface area contributed by atoms with Crippen molar-refractivity contribution in [3.63, 3.8) is 0 Å². The Morgan fingerprint density at radius 1 is 0.333 bits per heavy atom. The lowest BCUT2D eigenvalue weighted by molar-refractivity contribution is 1.07. The van der Waals surface area contributed by atoms with Gasteiger partial charge in [-0.1, -0.05) is 109 Å². The van der Waals surface area contributed by atoms with E-state index in [4.69, 9.17) is 15.0 Å². The second-order valence-electron chi connectivity index (χ2n) is 12.8. The summed E-state index contributed by atoms with van der Waals surface area (Å²) in [4.78, 5) is 14.8. The van der Waals surface area contributed by atoms with Crippen LogP contribution in [0.1, 0.15) is 0 Å². The number of thiophene rings is 2. The van der Waals surface area contributed by atoms with Crippen molar-refractivity contribution in [2.24, 2.45) is 0 Å². The summed E-state index contributed by atoms with van der Waals surface area (Å²) in [6, 6.07) is 56.1. The molecule has 0 fully saturated rings. The standard InChI is InChI=1S/C45H26N4S2/c1-3-11-27(12-4-1)43-46-44(28-13-5-2-6-14-28)48-45(47-43)29-19-21-33-35-24-30(20-22-40(35)51-41(33)23-29)49-37-17-9-7-15-31(37)34-25-36-32-16-8-10-18-39(32)50-42(36)26-38(34)49/h1-26H. The first-order valence-electron chi connectivity index (χ1n) is 16.9. The van der Waals surface area contributed by atoms with E-state index in [0.717, 1.165) is 22.4 Å². The first-order chi connectivity index (χ1) is 25.2. The fourth-order valence-electron chi connectivity index (χ4n) is 7.45. The molecule has 0 radical (unpaired) electrons. The molecule has 51 heavy (non-hydrogen) atoms. The van der Waals surface area contributed by atoms with Crippen molar-refractivity contribution >= 4 is 84.8 Å². The van der Waals surface area contributed by atoms with Gasteiger partial charge in [-0.2, -0.15) is 0 Å². The number of rotatable bonds is 4. The van der Waals surface area contributed by atoms with Crippen LogP contribution in [0.3, 0.4) is 0 Å². The van der Waals surface area contributed by atoms with E-state index in [1.807, 2.05) is 83.3 Å². The van der Waals surface area contributed by atoms with Gasteiger partial charge in [-0.15, -0.1) is 22.7 Å². The van der Waals surface area contributed by atoms with Gasteiger partial charge in [-0.3, -0.25) is 0 Å². The van der Waals surface area contributed by atoms with Crippen LogP contribution in [0.4, 0.5) is 0 Å². The fourth-order valence-corrected chi connectivity index (χ4v) is 9.69. The van der Waals surface area contributed by atoms with E-state index < -0.39 is 0 Å². The maximum absolute atomic E-state index is 4.98. The van der Waals surface area contributed by atoms with E-state index in [1.54, 1.807) is 0 Å². The molecule has 11 rings (SSSR count). The lowest BCUT2D eigenvalue weighted by Gasteiger charge is -2.09. The largest absolute Gasteiger partial charge is 0.309 e. The summed E-state index contributed by atoms with van der Waals surface area (Å²) in [6.07, 6.45) is 0. The van der Waals surface area contributed by atoms with Crippen LogP contribution in [0.2, 0.25) is 0 Å². The number of benzene rings is 7. The molecule has 0 N–H and O–H groups in total. The Kier molecular flexibility index (Phi) is 6.26. The van der Waals surface area contributed by atoms with Crippen molar-refractivity contribution in [1.82, 2.24) is 19.5 Å². The van der Waals surface area contributed by atoms with Crippen LogP contribution in [0.15, 0.2) is 158 Å². The zero-order chi connectivity index (χ0) is 33.5. The summed E-state index contributed by atoms with van der Waals surface area (Å²) in [6.45, 7) is 0. The van der Waals surface area contributed by atoms with Crippen molar-refractivity contribution in [1.29, 1.82) is 0 Å². The molecule has 0 spiro atoms. The van der Waals surface area contributed by atoms with E-state index in [9.17, 15) is 0 Å². The monoisotopic (exact) mass is 686 g/mol. The minimum absolute atomic E-state index is 0.666. The Hall–Kier alpha value is -6.21. The third-order valence-corrected chi connectivity index (χ3v) is 12.1. The van der Waals surface area contributed by atoms with Gasteiger partial charge in [-0.25, -0.2) is 15.0 Å². The molecule has 0 aliphatic heterocycles. The summed E-state index contributed by atoms with van der Waals surface area (Å²) < 4.78 is 7.53. The summed E-state index contributed by atoms with van der Waals surface area (Å²) >= 11 is 3.68. The van der Waals surface area contributed by atoms with E-state index in [1.165, 1.54) is 62.2 Å². The molecule has 7 aromatic carbocycles. The topological polar surface area (TPSA) is 43.6 Å². The minimum Gasteiger partial charge on any atom is -0.309 e. The molecular weight excluding hydrogens is 661 g/mol. The van der Waals surface area contributed by atoms with Crippen molar-refractivity contribution in [3.8, 4) is 39.9 Å². The molecule has 4 heterocycles. The third-order valence-electron chi connectivity index (χ3n) is 9.84. The van der Waals surface area contributed by atoms with Crippen LogP contribution < -0.4 is 0 Å². The molecule has 4 aromatic heterocycles. The number of nitrogens with zero attached hydrogens (tertiary/aromatic N) is 4. The van der Waals surface area contributed by atoms with Gasteiger partial charge in [0.1, 0.15) is 0 Å². The lowest BCUT2D eigenvalue weighted by Crippen LogP contribution is -1.99. The second kappa shape index (κ2) is 11.2. The minimum atomic E-state index is 0.666. The molecule has 238 valence electrons. The van der Waals surface area contributed by atoms with Gasteiger partial charge < -0.3 is 4.57 Å². The number of aromatic nitrogens is 4. The maximum atomic E-state index is 4.98. The smallest absolute Gasteiger partial charge is 0.164 e. The van der Waals surface area contributed by atoms with Gasteiger partial charge >= 0.3 is 0 Å². The van der Waals surface area contributed by atoms with Crippen LogP contribution in [0.5, 0.6) is 0 Å². The summed E-state index contributed by atoms with van der Waals surface area (Å²) in [5.41, 5.74) is 6.51. The molecule has 0 aliphatic carbocycles. The first kappa shape index (κ1) is 28.6. The molecular formula is C45H26N4S2. The van der Waals surface area contributed by atoms with E-state index in [0.29, 0.717) is 17.5 Å². The normalized spacial score (nSPS) is 11.9. The highest BCUT2D eigenvalue weighted by Crippen LogP contribution is 2.42. The van der Waals surface area contributed by atoms with Crippen molar-refractivity contribution in [3.05, 3.63) is 158 Å². The van der Waals surface area contributed by atoms with Gasteiger partial charge in [0.05, 0.1) is 11.0 Å². The van der Waals surface area contributed by atoms with Crippen LogP contribution >= 0.6 is 22.7 Å². The van der Waals surface area contributed by atoms with Crippen molar-refractivity contribution in [2.45, 2.75) is 0 Å². The molecule has 4 nitrogen and oxygen atoms in total. The van der Waals surface area contributed by atoms with Crippen LogP contribution in [-0.2, 0) is 0 Å². The molecule has 6 heteroatoms. The Bertz CT molecular complexity index is 3080. The Morgan fingerprint density at radius 3 is 1.65 bits per heavy atom. The molecule has 0 atom stereocenters. The number of para-hydroxylation sites is 1. The molecule has 0 unspecified atom stereocenters. The fraction of sp³-hybridized carbons (Fsp3) is 0. The van der Waals surface area contributed by atoms with Crippen molar-refractivity contribution < 1.29 is 0 Å². The molecule has 0 aliphatic rings. The van der Waals surface area contributed by atoms with Gasteiger partial charge in [0.2, 0.25) is 0 Å². The van der Waals surface area contributed by atoms with Gasteiger partial charge in [0.15, 0.2) is 17.5 Å². The Balaban J connectivity index is 1.07. The number of fused-ring (bicyclic) bond motifs is 9. The van der Waals surface area contributed by atoms with Crippen LogP contribution in [0.25, 0.3) is 102 Å².